The van der Waals surface area contributed by atoms with E-state index in [-0.39, 0.29) is 5.60 Å². The fraction of sp³-hybridized carbons (Fsp3) is 1.00. The molecule has 1 heteroatoms. The zero-order valence-corrected chi connectivity index (χ0v) is 11.3. The van der Waals surface area contributed by atoms with Crippen molar-refractivity contribution in [3.8, 4) is 0 Å². The van der Waals surface area contributed by atoms with Gasteiger partial charge < -0.3 is 5.11 Å². The quantitative estimate of drug-likeness (QED) is 0.760. The van der Waals surface area contributed by atoms with Gasteiger partial charge in [0.1, 0.15) is 0 Å². The van der Waals surface area contributed by atoms with Crippen LogP contribution in [0, 0.1) is 17.3 Å². The lowest BCUT2D eigenvalue weighted by molar-refractivity contribution is -0.0378. The van der Waals surface area contributed by atoms with Crippen LogP contribution in [0.2, 0.25) is 0 Å². The van der Waals surface area contributed by atoms with E-state index in [0.717, 1.165) is 31.1 Å². The van der Waals surface area contributed by atoms with Crippen molar-refractivity contribution in [2.24, 2.45) is 17.3 Å². The Morgan fingerprint density at radius 3 is 2.12 bits per heavy atom. The van der Waals surface area contributed by atoms with E-state index in [1.54, 1.807) is 0 Å². The smallest absolute Gasteiger partial charge is 0.0650 e. The minimum absolute atomic E-state index is 0.290. The van der Waals surface area contributed by atoms with Gasteiger partial charge in [-0.25, -0.2) is 0 Å². The lowest BCUT2D eigenvalue weighted by atomic mass is 9.65. The Balaban J connectivity index is 1.85. The predicted octanol–water partition coefficient (Wildman–Crippen LogP) is 4.14. The molecular weight excluding hydrogens is 196 g/mol. The summed E-state index contributed by atoms with van der Waals surface area (Å²) in [6, 6.07) is 0. The zero-order valence-electron chi connectivity index (χ0n) is 11.3. The maximum Gasteiger partial charge on any atom is 0.0650 e. The molecular formula is C15H28O. The molecule has 0 aromatic heterocycles. The van der Waals surface area contributed by atoms with Gasteiger partial charge in [-0.3, -0.25) is 0 Å². The highest BCUT2D eigenvalue weighted by atomic mass is 16.3. The maximum atomic E-state index is 10.5. The normalized spacial score (nSPS) is 36.4. The van der Waals surface area contributed by atoms with E-state index in [2.05, 4.69) is 20.8 Å². The van der Waals surface area contributed by atoms with Gasteiger partial charge >= 0.3 is 0 Å². The summed E-state index contributed by atoms with van der Waals surface area (Å²) in [5, 5.41) is 10.5. The van der Waals surface area contributed by atoms with Crippen LogP contribution in [-0.4, -0.2) is 10.7 Å². The van der Waals surface area contributed by atoms with Gasteiger partial charge in [0.05, 0.1) is 5.60 Å². The highest BCUT2D eigenvalue weighted by molar-refractivity contribution is 4.93. The molecule has 0 unspecified atom stereocenters. The summed E-state index contributed by atoms with van der Waals surface area (Å²) < 4.78 is 0. The van der Waals surface area contributed by atoms with Crippen LogP contribution in [-0.2, 0) is 0 Å². The Kier molecular flexibility index (Phi) is 3.36. The summed E-state index contributed by atoms with van der Waals surface area (Å²) in [5.41, 5.74) is 0.183. The topological polar surface area (TPSA) is 20.2 Å². The van der Waals surface area contributed by atoms with Crippen LogP contribution in [0.15, 0.2) is 0 Å². The molecule has 2 saturated carbocycles. The largest absolute Gasteiger partial charge is 0.390 e. The summed E-state index contributed by atoms with van der Waals surface area (Å²) in [7, 11) is 0. The Labute approximate surface area is 101 Å². The number of aliphatic hydroxyl groups is 1. The third-order valence-corrected chi connectivity index (χ3v) is 5.30. The Morgan fingerprint density at radius 2 is 1.69 bits per heavy atom. The number of rotatable bonds is 4. The second kappa shape index (κ2) is 4.33. The fourth-order valence-electron chi connectivity index (χ4n) is 3.29. The van der Waals surface area contributed by atoms with Crippen molar-refractivity contribution in [3.05, 3.63) is 0 Å². The SMILES string of the molecule is CCC(C)(C)C1CCC(O)(CC2CC2)CC1. The number of hydrogen-bond acceptors (Lipinski definition) is 1. The fourth-order valence-corrected chi connectivity index (χ4v) is 3.29. The first-order valence-electron chi connectivity index (χ1n) is 7.17. The first-order valence-corrected chi connectivity index (χ1v) is 7.17. The van der Waals surface area contributed by atoms with E-state index in [9.17, 15) is 5.11 Å². The number of hydrogen-bond donors (Lipinski definition) is 1. The van der Waals surface area contributed by atoms with E-state index in [0.29, 0.717) is 5.41 Å². The van der Waals surface area contributed by atoms with Gasteiger partial charge in [0, 0.05) is 0 Å². The van der Waals surface area contributed by atoms with Gasteiger partial charge in [-0.1, -0.05) is 40.0 Å². The maximum absolute atomic E-state index is 10.5. The molecule has 16 heavy (non-hydrogen) atoms. The summed E-state index contributed by atoms with van der Waals surface area (Å²) in [6.07, 6.45) is 9.67. The molecule has 0 bridgehead atoms. The van der Waals surface area contributed by atoms with Crippen molar-refractivity contribution in [1.29, 1.82) is 0 Å². The van der Waals surface area contributed by atoms with Gasteiger partial charge in [-0.2, -0.15) is 0 Å². The molecule has 2 fully saturated rings. The third-order valence-electron chi connectivity index (χ3n) is 5.30. The Bertz CT molecular complexity index is 232. The first-order chi connectivity index (χ1) is 7.45. The molecule has 0 aromatic carbocycles. The molecule has 2 aliphatic rings. The minimum Gasteiger partial charge on any atom is -0.390 e. The van der Waals surface area contributed by atoms with Gasteiger partial charge in [0.25, 0.3) is 0 Å². The molecule has 0 saturated heterocycles. The molecule has 0 amide bonds. The summed E-state index contributed by atoms with van der Waals surface area (Å²) in [6.45, 7) is 7.08. The van der Waals surface area contributed by atoms with Crippen LogP contribution < -0.4 is 0 Å². The second-order valence-corrected chi connectivity index (χ2v) is 6.99. The van der Waals surface area contributed by atoms with Crippen LogP contribution >= 0.6 is 0 Å². The monoisotopic (exact) mass is 224 g/mol. The molecule has 0 aromatic rings. The molecule has 0 aliphatic heterocycles. The van der Waals surface area contributed by atoms with Crippen molar-refractivity contribution < 1.29 is 5.11 Å². The van der Waals surface area contributed by atoms with Crippen molar-refractivity contribution in [3.63, 3.8) is 0 Å². The molecule has 0 heterocycles. The third kappa shape index (κ3) is 2.80. The summed E-state index contributed by atoms with van der Waals surface area (Å²) in [4.78, 5) is 0. The average Bonchev–Trinajstić information content (AvgIpc) is 3.02. The zero-order chi connectivity index (χ0) is 11.8. The standard InChI is InChI=1S/C15H28O/c1-4-14(2,3)13-7-9-15(16,10-8-13)11-12-5-6-12/h12-13,16H,4-11H2,1-3H3. The van der Waals surface area contributed by atoms with Gasteiger partial charge in [0.15, 0.2) is 0 Å². The van der Waals surface area contributed by atoms with Crippen LogP contribution in [0.3, 0.4) is 0 Å². The van der Waals surface area contributed by atoms with Crippen molar-refractivity contribution >= 4 is 0 Å². The van der Waals surface area contributed by atoms with Gasteiger partial charge in [-0.05, 0) is 49.4 Å². The molecule has 94 valence electrons. The van der Waals surface area contributed by atoms with Crippen molar-refractivity contribution in [2.75, 3.05) is 0 Å². The van der Waals surface area contributed by atoms with E-state index >= 15 is 0 Å². The van der Waals surface area contributed by atoms with E-state index in [1.807, 2.05) is 0 Å². The Morgan fingerprint density at radius 1 is 1.12 bits per heavy atom. The lowest BCUT2D eigenvalue weighted by Gasteiger charge is -2.42. The summed E-state index contributed by atoms with van der Waals surface area (Å²) in [5.74, 6) is 1.69. The van der Waals surface area contributed by atoms with Crippen molar-refractivity contribution in [1.82, 2.24) is 0 Å². The van der Waals surface area contributed by atoms with Crippen LogP contribution in [0.4, 0.5) is 0 Å². The molecule has 1 nitrogen and oxygen atoms in total. The second-order valence-electron chi connectivity index (χ2n) is 6.99. The van der Waals surface area contributed by atoms with E-state index in [4.69, 9.17) is 0 Å². The molecule has 2 rings (SSSR count). The minimum atomic E-state index is -0.290. The van der Waals surface area contributed by atoms with E-state index < -0.39 is 0 Å². The lowest BCUT2D eigenvalue weighted by Crippen LogP contribution is -2.38. The van der Waals surface area contributed by atoms with Crippen LogP contribution in [0.1, 0.15) is 72.1 Å². The van der Waals surface area contributed by atoms with Crippen LogP contribution in [0.25, 0.3) is 0 Å². The molecule has 0 atom stereocenters. The average molecular weight is 224 g/mol. The predicted molar refractivity (Wildman–Crippen MR) is 68.3 cm³/mol. The molecule has 2 aliphatic carbocycles. The summed E-state index contributed by atoms with van der Waals surface area (Å²) >= 11 is 0. The molecule has 0 spiro atoms. The van der Waals surface area contributed by atoms with Crippen molar-refractivity contribution in [2.45, 2.75) is 77.7 Å². The van der Waals surface area contributed by atoms with Gasteiger partial charge in [-0.15, -0.1) is 0 Å². The highest BCUT2D eigenvalue weighted by Crippen LogP contribution is 2.47. The Hall–Kier alpha value is -0.0400. The highest BCUT2D eigenvalue weighted by Gasteiger charge is 2.41. The molecule has 1 N–H and O–H groups in total. The van der Waals surface area contributed by atoms with Crippen LogP contribution in [0.5, 0.6) is 0 Å². The van der Waals surface area contributed by atoms with E-state index in [1.165, 1.54) is 32.1 Å². The van der Waals surface area contributed by atoms with Gasteiger partial charge in [0.2, 0.25) is 0 Å². The molecule has 0 radical (unpaired) electrons. The first kappa shape index (κ1) is 12.4.